The maximum Gasteiger partial charge on any atom is 0.272 e. The van der Waals surface area contributed by atoms with E-state index < -0.39 is 0 Å². The molecular formula is C27H27N3O3S2. The highest BCUT2D eigenvalue weighted by Crippen LogP contribution is 2.27. The topological polar surface area (TPSA) is 78.2 Å². The third-order valence-corrected chi connectivity index (χ3v) is 7.33. The highest BCUT2D eigenvalue weighted by Gasteiger charge is 2.02. The van der Waals surface area contributed by atoms with Crippen molar-refractivity contribution in [2.24, 2.45) is 0 Å². The molecule has 6 nitrogen and oxygen atoms in total. The highest BCUT2D eigenvalue weighted by molar-refractivity contribution is 8.01. The Bertz CT molecular complexity index is 1490. The number of rotatable bonds is 9. The number of hydrogen-bond acceptors (Lipinski definition) is 6. The van der Waals surface area contributed by atoms with Crippen molar-refractivity contribution in [3.63, 3.8) is 0 Å². The van der Waals surface area contributed by atoms with Gasteiger partial charge in [-0.25, -0.2) is 0 Å². The molecule has 2 N–H and O–H groups in total. The number of aromatic amines is 2. The summed E-state index contributed by atoms with van der Waals surface area (Å²) in [6.45, 7) is 1.48. The van der Waals surface area contributed by atoms with E-state index in [0.29, 0.717) is 6.61 Å². The van der Waals surface area contributed by atoms with Crippen LogP contribution in [0.5, 0.6) is 5.75 Å². The number of thioether (sulfide) groups is 1. The molecule has 0 aliphatic rings. The van der Waals surface area contributed by atoms with Crippen LogP contribution < -0.4 is 26.6 Å². The zero-order valence-corrected chi connectivity index (χ0v) is 21.2. The number of nitrogens with one attached hydrogen (secondary N) is 2. The van der Waals surface area contributed by atoms with Gasteiger partial charge in [0.2, 0.25) is 0 Å². The fourth-order valence-electron chi connectivity index (χ4n) is 3.22. The van der Waals surface area contributed by atoms with Gasteiger partial charge < -0.3 is 19.6 Å². The van der Waals surface area contributed by atoms with Gasteiger partial charge in [-0.05, 0) is 61.6 Å². The molecule has 35 heavy (non-hydrogen) atoms. The molecule has 0 fully saturated rings. The van der Waals surface area contributed by atoms with Crippen molar-refractivity contribution in [3.8, 4) is 5.75 Å². The predicted octanol–water partition coefficient (Wildman–Crippen LogP) is 3.02. The van der Waals surface area contributed by atoms with Gasteiger partial charge in [0.15, 0.2) is 0 Å². The quantitative estimate of drug-likeness (QED) is 0.342. The lowest BCUT2D eigenvalue weighted by Crippen LogP contribution is -2.46. The van der Waals surface area contributed by atoms with Crippen molar-refractivity contribution < 1.29 is 4.74 Å². The molecule has 0 unspecified atom stereocenters. The molecule has 0 radical (unpaired) electrons. The van der Waals surface area contributed by atoms with E-state index in [9.17, 15) is 9.59 Å². The van der Waals surface area contributed by atoms with E-state index in [4.69, 9.17) is 4.74 Å². The van der Waals surface area contributed by atoms with Crippen LogP contribution >= 0.6 is 23.1 Å². The summed E-state index contributed by atoms with van der Waals surface area (Å²) >= 11 is 3.38. The summed E-state index contributed by atoms with van der Waals surface area (Å²) in [5, 5.41) is 0.444. The SMILES string of the molecule is CN(C)CCSc1ccc(C=c2[nH]c(=O)c(=Cc3ccc(OCc4ccccc4)cc3)[nH]c2=O)s1. The monoisotopic (exact) mass is 505 g/mol. The minimum absolute atomic E-state index is 0.205. The average molecular weight is 506 g/mol. The summed E-state index contributed by atoms with van der Waals surface area (Å²) in [5.41, 5.74) is 1.19. The van der Waals surface area contributed by atoms with Gasteiger partial charge in [0.25, 0.3) is 11.1 Å². The molecule has 180 valence electrons. The summed E-state index contributed by atoms with van der Waals surface area (Å²) in [6, 6.07) is 21.3. The smallest absolute Gasteiger partial charge is 0.272 e. The minimum Gasteiger partial charge on any atom is -0.489 e. The lowest BCUT2D eigenvalue weighted by molar-refractivity contribution is 0.306. The molecule has 0 aliphatic carbocycles. The van der Waals surface area contributed by atoms with Crippen molar-refractivity contribution in [1.29, 1.82) is 0 Å². The molecule has 2 aromatic carbocycles. The van der Waals surface area contributed by atoms with Crippen LogP contribution in [-0.2, 0) is 6.61 Å². The van der Waals surface area contributed by atoms with Crippen molar-refractivity contribution in [3.05, 3.63) is 114 Å². The Labute approximate surface area is 211 Å². The Morgan fingerprint density at radius 1 is 0.886 bits per heavy atom. The standard InChI is InChI=1S/C27H27N3O3S2/c1-30(2)14-15-34-25-13-12-22(35-25)17-24-27(32)28-23(26(31)29-24)16-19-8-10-21(11-9-19)33-18-20-6-4-3-5-7-20/h3-13,16-17H,14-15,18H2,1-2H3,(H,28,32)(H,29,31). The van der Waals surface area contributed by atoms with Crippen LogP contribution in [0.4, 0.5) is 0 Å². The lowest BCUT2D eigenvalue weighted by atomic mass is 10.2. The summed E-state index contributed by atoms with van der Waals surface area (Å²) in [4.78, 5) is 33.7. The first-order chi connectivity index (χ1) is 17.0. The minimum atomic E-state index is -0.350. The molecule has 4 aromatic rings. The van der Waals surface area contributed by atoms with Crippen LogP contribution in [0.1, 0.15) is 16.0 Å². The van der Waals surface area contributed by atoms with Gasteiger partial charge in [0.1, 0.15) is 23.1 Å². The molecule has 0 bridgehead atoms. The fourth-order valence-corrected chi connectivity index (χ4v) is 5.50. The Kier molecular flexibility index (Phi) is 8.41. The van der Waals surface area contributed by atoms with Crippen LogP contribution in [0.2, 0.25) is 0 Å². The van der Waals surface area contributed by atoms with E-state index in [1.54, 1.807) is 35.3 Å². The normalized spacial score (nSPS) is 12.4. The summed E-state index contributed by atoms with van der Waals surface area (Å²) in [5.74, 6) is 1.73. The fraction of sp³-hybridized carbons (Fsp3) is 0.185. The Morgan fingerprint density at radius 3 is 2.26 bits per heavy atom. The van der Waals surface area contributed by atoms with Crippen molar-refractivity contribution >= 4 is 35.3 Å². The molecule has 0 saturated heterocycles. The summed E-state index contributed by atoms with van der Waals surface area (Å²) in [6.07, 6.45) is 3.36. The first kappa shape index (κ1) is 24.8. The van der Waals surface area contributed by atoms with Crippen molar-refractivity contribution in [2.75, 3.05) is 26.4 Å². The molecule has 2 heterocycles. The third-order valence-electron chi connectivity index (χ3n) is 5.10. The Balaban J connectivity index is 1.47. The summed E-state index contributed by atoms with van der Waals surface area (Å²) < 4.78 is 6.98. The number of ether oxygens (including phenoxy) is 1. The van der Waals surface area contributed by atoms with E-state index in [0.717, 1.165) is 34.1 Å². The first-order valence-electron chi connectivity index (χ1n) is 11.2. The maximum atomic E-state index is 12.6. The van der Waals surface area contributed by atoms with Gasteiger partial charge in [-0.15, -0.1) is 23.1 Å². The molecular weight excluding hydrogens is 478 g/mol. The second-order valence-electron chi connectivity index (χ2n) is 8.18. The molecule has 0 aliphatic heterocycles. The molecule has 0 amide bonds. The molecule has 8 heteroatoms. The number of thiophene rings is 1. The average Bonchev–Trinajstić information content (AvgIpc) is 3.29. The number of aromatic nitrogens is 2. The molecule has 0 spiro atoms. The number of benzene rings is 2. The molecule has 4 rings (SSSR count). The zero-order valence-electron chi connectivity index (χ0n) is 19.6. The van der Waals surface area contributed by atoms with Crippen LogP contribution in [0.3, 0.4) is 0 Å². The number of H-pyrrole nitrogens is 2. The Morgan fingerprint density at radius 2 is 1.57 bits per heavy atom. The predicted molar refractivity (Wildman–Crippen MR) is 145 cm³/mol. The highest BCUT2D eigenvalue weighted by atomic mass is 32.2. The first-order valence-corrected chi connectivity index (χ1v) is 13.0. The maximum absolute atomic E-state index is 12.6. The zero-order chi connectivity index (χ0) is 24.6. The van der Waals surface area contributed by atoms with E-state index in [2.05, 4.69) is 29.0 Å². The van der Waals surface area contributed by atoms with Gasteiger partial charge in [-0.3, -0.25) is 9.59 Å². The molecule has 2 aromatic heterocycles. The van der Waals surface area contributed by atoms with E-state index >= 15 is 0 Å². The second kappa shape index (κ2) is 11.9. The largest absolute Gasteiger partial charge is 0.489 e. The number of hydrogen-bond donors (Lipinski definition) is 2. The van der Waals surface area contributed by atoms with Crippen molar-refractivity contribution in [1.82, 2.24) is 14.9 Å². The van der Waals surface area contributed by atoms with Gasteiger partial charge in [0.05, 0.1) is 4.21 Å². The Hall–Kier alpha value is -3.33. The third kappa shape index (κ3) is 7.32. The van der Waals surface area contributed by atoms with E-state index in [1.807, 2.05) is 66.7 Å². The van der Waals surface area contributed by atoms with Crippen LogP contribution in [-0.4, -0.2) is 41.3 Å². The summed E-state index contributed by atoms with van der Waals surface area (Å²) in [7, 11) is 4.10. The van der Waals surface area contributed by atoms with E-state index in [1.165, 1.54) is 4.21 Å². The van der Waals surface area contributed by atoms with Gasteiger partial charge in [0, 0.05) is 17.2 Å². The van der Waals surface area contributed by atoms with E-state index in [-0.39, 0.29) is 21.8 Å². The van der Waals surface area contributed by atoms with Crippen LogP contribution in [0.15, 0.2) is 80.5 Å². The second-order valence-corrected chi connectivity index (χ2v) is 10.7. The van der Waals surface area contributed by atoms with Gasteiger partial charge in [-0.2, -0.15) is 0 Å². The van der Waals surface area contributed by atoms with Gasteiger partial charge in [-0.1, -0.05) is 42.5 Å². The van der Waals surface area contributed by atoms with Crippen LogP contribution in [0.25, 0.3) is 12.2 Å². The molecule has 0 saturated carbocycles. The number of nitrogens with zero attached hydrogens (tertiary/aromatic N) is 1. The van der Waals surface area contributed by atoms with Gasteiger partial charge >= 0.3 is 0 Å². The van der Waals surface area contributed by atoms with Crippen LogP contribution in [0, 0.1) is 0 Å². The molecule has 0 atom stereocenters. The van der Waals surface area contributed by atoms with Crippen molar-refractivity contribution in [2.45, 2.75) is 10.8 Å². The lowest BCUT2D eigenvalue weighted by Gasteiger charge is -2.07.